The van der Waals surface area contributed by atoms with Crippen LogP contribution in [0.25, 0.3) is 10.9 Å². The summed E-state index contributed by atoms with van der Waals surface area (Å²) in [7, 11) is 0.978. The van der Waals surface area contributed by atoms with Crippen molar-refractivity contribution >= 4 is 22.8 Å². The lowest BCUT2D eigenvalue weighted by molar-refractivity contribution is -0.395. The van der Waals surface area contributed by atoms with Gasteiger partial charge >= 0.3 is 11.8 Å². The fraction of sp³-hybridized carbons (Fsp3) is 0.474. The van der Waals surface area contributed by atoms with Gasteiger partial charge in [0.05, 0.1) is 0 Å². The van der Waals surface area contributed by atoms with Crippen molar-refractivity contribution in [1.29, 1.82) is 0 Å². The van der Waals surface area contributed by atoms with E-state index < -0.39 is 48.2 Å². The molecule has 1 fully saturated rings. The maximum absolute atomic E-state index is 11.9. The molecule has 11 heteroatoms. The van der Waals surface area contributed by atoms with E-state index in [0.29, 0.717) is 0 Å². The van der Waals surface area contributed by atoms with Crippen LogP contribution in [0.3, 0.4) is 0 Å². The first-order chi connectivity index (χ1) is 14.1. The Bertz CT molecular complexity index is 932. The quantitative estimate of drug-likeness (QED) is 0.337. The number of methoxy groups -OCH3 is 1. The fourth-order valence-corrected chi connectivity index (χ4v) is 3.49. The SMILES string of the molecule is CO[C@]1(C(=O)O)O[C@@H](Oc2ccc3cc[nH]c3c2)[C@H](O)[C@](O)(CCNC(C)=O)[C@@H]1O. The minimum Gasteiger partial charge on any atom is -0.477 e. The Morgan fingerprint density at radius 3 is 2.67 bits per heavy atom. The van der Waals surface area contributed by atoms with Crippen molar-refractivity contribution in [2.24, 2.45) is 0 Å². The summed E-state index contributed by atoms with van der Waals surface area (Å²) in [6, 6.07) is 6.74. The lowest BCUT2D eigenvalue weighted by Crippen LogP contribution is -2.75. The number of hydrogen-bond acceptors (Lipinski definition) is 8. The highest BCUT2D eigenvalue weighted by molar-refractivity contribution is 5.80. The number of aromatic amines is 1. The molecule has 1 aliphatic rings. The van der Waals surface area contributed by atoms with Gasteiger partial charge in [0.25, 0.3) is 0 Å². The second-order valence-electron chi connectivity index (χ2n) is 7.08. The van der Waals surface area contributed by atoms with Crippen LogP contribution in [0, 0.1) is 0 Å². The third-order valence-corrected chi connectivity index (χ3v) is 5.17. The minimum absolute atomic E-state index is 0.152. The Labute approximate surface area is 171 Å². The van der Waals surface area contributed by atoms with Gasteiger partial charge in [-0.2, -0.15) is 0 Å². The van der Waals surface area contributed by atoms with E-state index in [2.05, 4.69) is 10.3 Å². The van der Waals surface area contributed by atoms with Gasteiger partial charge in [-0.3, -0.25) is 9.53 Å². The molecule has 164 valence electrons. The molecule has 1 aromatic heterocycles. The van der Waals surface area contributed by atoms with Crippen LogP contribution in [0.15, 0.2) is 30.5 Å². The molecule has 30 heavy (non-hydrogen) atoms. The molecule has 6 N–H and O–H groups in total. The molecule has 1 amide bonds. The Hall–Kier alpha value is -2.70. The number of rotatable bonds is 7. The maximum Gasteiger partial charge on any atom is 0.367 e. The molecule has 2 heterocycles. The summed E-state index contributed by atoms with van der Waals surface area (Å²) in [5.41, 5.74) is -1.72. The normalized spacial score (nSPS) is 31.4. The second-order valence-corrected chi connectivity index (χ2v) is 7.08. The van der Waals surface area contributed by atoms with E-state index in [-0.39, 0.29) is 12.3 Å². The van der Waals surface area contributed by atoms with Crippen LogP contribution in [0.1, 0.15) is 13.3 Å². The predicted molar refractivity (Wildman–Crippen MR) is 101 cm³/mol. The van der Waals surface area contributed by atoms with Gasteiger partial charge in [-0.25, -0.2) is 4.79 Å². The van der Waals surface area contributed by atoms with E-state index in [1.165, 1.54) is 6.92 Å². The molecule has 0 bridgehead atoms. The molecule has 0 unspecified atom stereocenters. The number of amides is 1. The van der Waals surface area contributed by atoms with Crippen LogP contribution in [-0.4, -0.2) is 80.8 Å². The fourth-order valence-electron chi connectivity index (χ4n) is 3.49. The first-order valence-corrected chi connectivity index (χ1v) is 9.17. The number of aliphatic hydroxyl groups is 3. The number of fused-ring (bicyclic) bond motifs is 1. The van der Waals surface area contributed by atoms with Crippen molar-refractivity contribution in [2.45, 2.75) is 43.2 Å². The Balaban J connectivity index is 1.94. The van der Waals surface area contributed by atoms with Crippen molar-refractivity contribution in [3.8, 4) is 5.75 Å². The number of carbonyl (C=O) groups excluding carboxylic acids is 1. The number of aliphatic carboxylic acids is 1. The summed E-state index contributed by atoms with van der Waals surface area (Å²) in [5.74, 6) is -4.63. The number of carbonyl (C=O) groups is 2. The smallest absolute Gasteiger partial charge is 0.367 e. The van der Waals surface area contributed by atoms with Gasteiger partial charge in [0.2, 0.25) is 12.2 Å². The number of benzene rings is 1. The Kier molecular flexibility index (Phi) is 6.01. The number of H-pyrrole nitrogens is 1. The highest BCUT2D eigenvalue weighted by Gasteiger charge is 2.67. The van der Waals surface area contributed by atoms with E-state index in [1.54, 1.807) is 24.4 Å². The molecular formula is C19H24N2O9. The highest BCUT2D eigenvalue weighted by Crippen LogP contribution is 2.40. The zero-order valence-electron chi connectivity index (χ0n) is 16.4. The van der Waals surface area contributed by atoms with Gasteiger partial charge in [-0.1, -0.05) is 0 Å². The van der Waals surface area contributed by atoms with Crippen LogP contribution < -0.4 is 10.1 Å². The molecular weight excluding hydrogens is 400 g/mol. The summed E-state index contributed by atoms with van der Waals surface area (Å²) < 4.78 is 15.9. The molecule has 1 aromatic carbocycles. The average molecular weight is 424 g/mol. The van der Waals surface area contributed by atoms with E-state index >= 15 is 0 Å². The molecule has 0 radical (unpaired) electrons. The van der Waals surface area contributed by atoms with Crippen molar-refractivity contribution in [2.75, 3.05) is 13.7 Å². The summed E-state index contributed by atoms with van der Waals surface area (Å²) >= 11 is 0. The molecule has 1 saturated heterocycles. The van der Waals surface area contributed by atoms with Crippen molar-refractivity contribution in [3.05, 3.63) is 30.5 Å². The Morgan fingerprint density at radius 2 is 2.03 bits per heavy atom. The zero-order chi connectivity index (χ0) is 22.1. The van der Waals surface area contributed by atoms with Gasteiger partial charge < -0.3 is 40.2 Å². The summed E-state index contributed by atoms with van der Waals surface area (Å²) in [5, 5.41) is 45.4. The number of carboxylic acid groups (broad SMARTS) is 1. The first kappa shape index (κ1) is 22.0. The van der Waals surface area contributed by atoms with Crippen LogP contribution >= 0.6 is 0 Å². The molecule has 0 saturated carbocycles. The standard InChI is InChI=1S/C19H24N2O9/c1-10(22)20-8-6-18(27)14(23)15(30-19(28-2,16(18)24)17(25)26)29-12-4-3-11-5-7-21-13(11)9-12/h3-5,7,9,14-16,21,23-24,27H,6,8H2,1-2H3,(H,20,22)(H,25,26)/t14-,15+,16-,18+,19-/m0/s1. The van der Waals surface area contributed by atoms with Crippen LogP contribution in [0.5, 0.6) is 5.75 Å². The molecule has 0 spiro atoms. The van der Waals surface area contributed by atoms with Gasteiger partial charge in [-0.05, 0) is 30.0 Å². The zero-order valence-corrected chi connectivity index (χ0v) is 16.4. The number of aliphatic hydroxyl groups excluding tert-OH is 2. The lowest BCUT2D eigenvalue weighted by Gasteiger charge is -2.51. The number of ether oxygens (including phenoxy) is 3. The minimum atomic E-state index is -2.72. The summed E-state index contributed by atoms with van der Waals surface area (Å²) in [6.07, 6.45) is -4.45. The highest BCUT2D eigenvalue weighted by atomic mass is 16.8. The predicted octanol–water partition coefficient (Wildman–Crippen LogP) is -0.691. The van der Waals surface area contributed by atoms with Crippen molar-refractivity contribution < 1.29 is 44.2 Å². The summed E-state index contributed by atoms with van der Waals surface area (Å²) in [6.45, 7) is 1.10. The number of carboxylic acids is 1. The number of hydrogen-bond donors (Lipinski definition) is 6. The molecule has 0 aliphatic carbocycles. The van der Waals surface area contributed by atoms with E-state index in [1.807, 2.05) is 6.07 Å². The van der Waals surface area contributed by atoms with Crippen LogP contribution in [0.4, 0.5) is 0 Å². The lowest BCUT2D eigenvalue weighted by atomic mass is 9.79. The number of aromatic nitrogens is 1. The third kappa shape index (κ3) is 3.73. The third-order valence-electron chi connectivity index (χ3n) is 5.17. The Morgan fingerprint density at radius 1 is 1.30 bits per heavy atom. The first-order valence-electron chi connectivity index (χ1n) is 9.17. The van der Waals surface area contributed by atoms with Crippen LogP contribution in [-0.2, 0) is 19.1 Å². The average Bonchev–Trinajstić information content (AvgIpc) is 3.16. The molecule has 11 nitrogen and oxygen atoms in total. The topological polar surface area (TPSA) is 171 Å². The van der Waals surface area contributed by atoms with E-state index in [4.69, 9.17) is 14.2 Å². The largest absolute Gasteiger partial charge is 0.477 e. The molecule has 2 aromatic rings. The van der Waals surface area contributed by atoms with Gasteiger partial charge in [0.1, 0.15) is 17.5 Å². The second kappa shape index (κ2) is 8.20. The van der Waals surface area contributed by atoms with Gasteiger partial charge in [0, 0.05) is 38.4 Å². The molecule has 5 atom stereocenters. The van der Waals surface area contributed by atoms with Gasteiger partial charge in [-0.15, -0.1) is 0 Å². The molecule has 3 rings (SSSR count). The monoisotopic (exact) mass is 424 g/mol. The summed E-state index contributed by atoms with van der Waals surface area (Å²) in [4.78, 5) is 26.0. The van der Waals surface area contributed by atoms with E-state index in [9.17, 15) is 30.0 Å². The van der Waals surface area contributed by atoms with Crippen LogP contribution in [0.2, 0.25) is 0 Å². The van der Waals surface area contributed by atoms with Crippen molar-refractivity contribution in [1.82, 2.24) is 10.3 Å². The van der Waals surface area contributed by atoms with Gasteiger partial charge in [0.15, 0.2) is 6.10 Å². The molecule has 1 aliphatic heterocycles. The van der Waals surface area contributed by atoms with E-state index in [0.717, 1.165) is 18.0 Å². The van der Waals surface area contributed by atoms with Crippen molar-refractivity contribution in [3.63, 3.8) is 0 Å². The maximum atomic E-state index is 11.9. The number of nitrogens with one attached hydrogen (secondary N) is 2.